The van der Waals surface area contributed by atoms with Crippen molar-refractivity contribution < 1.29 is 18.1 Å². The van der Waals surface area contributed by atoms with E-state index < -0.39 is 10.0 Å². The number of nitrogens with one attached hydrogen (secondary N) is 1. The minimum absolute atomic E-state index is 0.123. The Morgan fingerprint density at radius 3 is 2.46 bits per heavy atom. The van der Waals surface area contributed by atoms with Crippen LogP contribution in [-0.4, -0.2) is 64.7 Å². The van der Waals surface area contributed by atoms with Crippen molar-refractivity contribution in [1.82, 2.24) is 4.90 Å². The number of rotatable bonds is 5. The van der Waals surface area contributed by atoms with Crippen molar-refractivity contribution in [3.63, 3.8) is 0 Å². The molecule has 1 N–H and O–H groups in total. The van der Waals surface area contributed by atoms with Crippen LogP contribution in [0, 0.1) is 0 Å². The van der Waals surface area contributed by atoms with E-state index in [2.05, 4.69) is 6.92 Å². The first kappa shape index (κ1) is 19.3. The predicted octanol–water partition coefficient (Wildman–Crippen LogP) is 0.506. The van der Waals surface area contributed by atoms with Gasteiger partial charge in [0.05, 0.1) is 54.7 Å². The summed E-state index contributed by atoms with van der Waals surface area (Å²) in [6.45, 7) is 5.86. The SMILES string of the molecule is CC[NH+]1CCN(C(=O)CN(c2cccc(Cl)c2Cl)S(C)(=O)=O)CC1. The smallest absolute Gasteiger partial charge is 0.243 e. The molecule has 0 atom stereocenters. The maximum absolute atomic E-state index is 12.6. The van der Waals surface area contributed by atoms with Crippen LogP contribution >= 0.6 is 23.2 Å². The van der Waals surface area contributed by atoms with E-state index in [1.165, 1.54) is 4.90 Å². The number of hydrogen-bond donors (Lipinski definition) is 1. The maximum atomic E-state index is 12.6. The van der Waals surface area contributed by atoms with Crippen molar-refractivity contribution in [2.24, 2.45) is 0 Å². The minimum Gasteiger partial charge on any atom is -0.332 e. The molecule has 1 aliphatic heterocycles. The molecule has 0 bridgehead atoms. The van der Waals surface area contributed by atoms with Crippen LogP contribution in [0.1, 0.15) is 6.92 Å². The molecule has 0 aliphatic carbocycles. The highest BCUT2D eigenvalue weighted by Gasteiger charge is 2.28. The summed E-state index contributed by atoms with van der Waals surface area (Å²) in [5, 5.41) is 0.369. The van der Waals surface area contributed by atoms with Gasteiger partial charge in [0.1, 0.15) is 6.54 Å². The van der Waals surface area contributed by atoms with Crippen molar-refractivity contribution >= 4 is 44.8 Å². The molecule has 1 aliphatic rings. The summed E-state index contributed by atoms with van der Waals surface area (Å²) in [5.74, 6) is -0.230. The lowest BCUT2D eigenvalue weighted by Crippen LogP contribution is -3.14. The molecular formula is C15H22Cl2N3O3S+. The fourth-order valence-corrected chi connectivity index (χ4v) is 4.02. The first-order chi connectivity index (χ1) is 11.2. The zero-order valence-corrected chi connectivity index (χ0v) is 16.1. The Morgan fingerprint density at radius 1 is 1.29 bits per heavy atom. The van der Waals surface area contributed by atoms with Crippen LogP contribution in [0.4, 0.5) is 5.69 Å². The third kappa shape index (κ3) is 4.53. The summed E-state index contributed by atoms with van der Waals surface area (Å²) in [6, 6.07) is 4.72. The standard InChI is InChI=1S/C15H21Cl2N3O3S/c1-3-18-7-9-19(10-8-18)14(21)11-20(24(2,22)23)13-6-4-5-12(16)15(13)17/h4-6H,3,7-11H2,1-2H3/p+1. The second kappa shape index (κ2) is 7.91. The van der Waals surface area contributed by atoms with E-state index in [0.717, 1.165) is 30.2 Å². The van der Waals surface area contributed by atoms with E-state index in [9.17, 15) is 13.2 Å². The van der Waals surface area contributed by atoms with Crippen LogP contribution in [-0.2, 0) is 14.8 Å². The van der Waals surface area contributed by atoms with Gasteiger partial charge in [-0.25, -0.2) is 8.42 Å². The number of hydrogen-bond acceptors (Lipinski definition) is 3. The molecular weight excluding hydrogens is 373 g/mol. The van der Waals surface area contributed by atoms with Crippen molar-refractivity contribution in [2.75, 3.05) is 49.8 Å². The van der Waals surface area contributed by atoms with Crippen LogP contribution in [0.25, 0.3) is 0 Å². The molecule has 6 nitrogen and oxygen atoms in total. The van der Waals surface area contributed by atoms with E-state index in [1.54, 1.807) is 23.1 Å². The van der Waals surface area contributed by atoms with Crippen LogP contribution in [0.2, 0.25) is 10.0 Å². The van der Waals surface area contributed by atoms with E-state index in [1.807, 2.05) is 0 Å². The number of benzene rings is 1. The van der Waals surface area contributed by atoms with Crippen LogP contribution in [0.5, 0.6) is 0 Å². The molecule has 24 heavy (non-hydrogen) atoms. The molecule has 1 fully saturated rings. The third-order valence-corrected chi connectivity index (χ3v) is 6.14. The van der Waals surface area contributed by atoms with E-state index in [-0.39, 0.29) is 28.2 Å². The predicted molar refractivity (Wildman–Crippen MR) is 96.5 cm³/mol. The summed E-state index contributed by atoms with van der Waals surface area (Å²) in [6.07, 6.45) is 1.05. The Bertz CT molecular complexity index is 704. The molecule has 1 saturated heterocycles. The van der Waals surface area contributed by atoms with E-state index in [0.29, 0.717) is 13.1 Å². The average Bonchev–Trinajstić information content (AvgIpc) is 2.54. The highest BCUT2D eigenvalue weighted by atomic mass is 35.5. The number of sulfonamides is 1. The largest absolute Gasteiger partial charge is 0.332 e. The lowest BCUT2D eigenvalue weighted by Gasteiger charge is -2.33. The van der Waals surface area contributed by atoms with Crippen molar-refractivity contribution in [1.29, 1.82) is 0 Å². The summed E-state index contributed by atoms with van der Waals surface area (Å²) < 4.78 is 25.3. The molecule has 1 heterocycles. The molecule has 1 aromatic rings. The minimum atomic E-state index is -3.67. The molecule has 0 radical (unpaired) electrons. The molecule has 0 spiro atoms. The summed E-state index contributed by atoms with van der Waals surface area (Å²) >= 11 is 12.1. The van der Waals surface area contributed by atoms with Gasteiger partial charge in [-0.2, -0.15) is 0 Å². The molecule has 9 heteroatoms. The second-order valence-corrected chi connectivity index (χ2v) is 8.52. The fourth-order valence-electron chi connectivity index (χ4n) is 2.71. The van der Waals surface area contributed by atoms with Gasteiger partial charge in [-0.15, -0.1) is 0 Å². The Balaban J connectivity index is 2.19. The quantitative estimate of drug-likeness (QED) is 0.790. The van der Waals surface area contributed by atoms with Crippen LogP contribution < -0.4 is 9.21 Å². The van der Waals surface area contributed by atoms with Gasteiger partial charge in [0, 0.05) is 0 Å². The van der Waals surface area contributed by atoms with Gasteiger partial charge in [-0.3, -0.25) is 9.10 Å². The summed E-state index contributed by atoms with van der Waals surface area (Å²) in [4.78, 5) is 15.7. The van der Waals surface area contributed by atoms with Crippen molar-refractivity contribution in [3.05, 3.63) is 28.2 Å². The maximum Gasteiger partial charge on any atom is 0.243 e. The summed E-state index contributed by atoms with van der Waals surface area (Å²) in [5.41, 5.74) is 0.220. The second-order valence-electron chi connectivity index (χ2n) is 5.83. The number of anilines is 1. The lowest BCUT2D eigenvalue weighted by atomic mass is 10.3. The number of quaternary nitrogens is 1. The number of carbonyl (C=O) groups is 1. The van der Waals surface area contributed by atoms with Gasteiger partial charge < -0.3 is 9.80 Å². The zero-order chi connectivity index (χ0) is 17.9. The van der Waals surface area contributed by atoms with Gasteiger partial charge in [0.2, 0.25) is 15.9 Å². The lowest BCUT2D eigenvalue weighted by molar-refractivity contribution is -0.902. The Morgan fingerprint density at radius 2 is 1.92 bits per heavy atom. The van der Waals surface area contributed by atoms with E-state index in [4.69, 9.17) is 23.2 Å². The third-order valence-electron chi connectivity index (χ3n) is 4.20. The van der Waals surface area contributed by atoms with Crippen LogP contribution in [0.15, 0.2) is 18.2 Å². The number of carbonyl (C=O) groups excluding carboxylic acids is 1. The molecule has 0 unspecified atom stereocenters. The first-order valence-corrected chi connectivity index (χ1v) is 10.4. The Kier molecular flexibility index (Phi) is 6.36. The number of piperazine rings is 1. The molecule has 1 amide bonds. The molecule has 134 valence electrons. The monoisotopic (exact) mass is 394 g/mol. The molecule has 1 aromatic carbocycles. The topological polar surface area (TPSA) is 62.1 Å². The fraction of sp³-hybridized carbons (Fsp3) is 0.533. The highest BCUT2D eigenvalue weighted by molar-refractivity contribution is 7.92. The normalized spacial score (nSPS) is 16.2. The number of likely N-dealkylation sites (N-methyl/N-ethyl adjacent to an activating group) is 1. The van der Waals surface area contributed by atoms with Crippen molar-refractivity contribution in [3.8, 4) is 0 Å². The molecule has 2 rings (SSSR count). The van der Waals surface area contributed by atoms with Gasteiger partial charge in [-0.1, -0.05) is 29.3 Å². The number of amides is 1. The molecule has 0 saturated carbocycles. The highest BCUT2D eigenvalue weighted by Crippen LogP contribution is 2.33. The average molecular weight is 395 g/mol. The zero-order valence-electron chi connectivity index (χ0n) is 13.8. The summed E-state index contributed by atoms with van der Waals surface area (Å²) in [7, 11) is -3.67. The van der Waals surface area contributed by atoms with Crippen LogP contribution in [0.3, 0.4) is 0 Å². The molecule has 0 aromatic heterocycles. The van der Waals surface area contributed by atoms with Crippen molar-refractivity contribution in [2.45, 2.75) is 6.92 Å². The Labute approximate surface area is 153 Å². The van der Waals surface area contributed by atoms with Gasteiger partial charge in [-0.05, 0) is 19.1 Å². The van der Waals surface area contributed by atoms with Gasteiger partial charge >= 0.3 is 0 Å². The first-order valence-electron chi connectivity index (χ1n) is 7.77. The number of halogens is 2. The van der Waals surface area contributed by atoms with Gasteiger partial charge in [0.15, 0.2) is 0 Å². The Hall–Kier alpha value is -1.02. The van der Waals surface area contributed by atoms with E-state index >= 15 is 0 Å². The van der Waals surface area contributed by atoms with Gasteiger partial charge in [0.25, 0.3) is 0 Å². The number of nitrogens with zero attached hydrogens (tertiary/aromatic N) is 2.